The van der Waals surface area contributed by atoms with Crippen molar-refractivity contribution in [1.82, 2.24) is 10.2 Å². The van der Waals surface area contributed by atoms with Gasteiger partial charge in [-0.3, -0.25) is 5.10 Å². The largest absolute Gasteiger partial charge is 0.496 e. The van der Waals surface area contributed by atoms with Crippen molar-refractivity contribution < 1.29 is 4.74 Å². The molecular formula is C14H12N2OS. The zero-order chi connectivity index (χ0) is 12.4. The van der Waals surface area contributed by atoms with Crippen LogP contribution < -0.4 is 4.74 Å². The molecule has 3 rings (SSSR count). The summed E-state index contributed by atoms with van der Waals surface area (Å²) in [6.07, 6.45) is 0. The molecule has 2 heterocycles. The van der Waals surface area contributed by atoms with Crippen molar-refractivity contribution in [3.63, 3.8) is 0 Å². The Labute approximate surface area is 109 Å². The van der Waals surface area contributed by atoms with Gasteiger partial charge in [0.2, 0.25) is 0 Å². The van der Waals surface area contributed by atoms with Crippen LogP contribution in [0.15, 0.2) is 47.8 Å². The number of nitrogens with zero attached hydrogens (tertiary/aromatic N) is 1. The second kappa shape index (κ2) is 4.66. The molecule has 0 atom stereocenters. The van der Waals surface area contributed by atoms with Gasteiger partial charge in [0.15, 0.2) is 0 Å². The maximum absolute atomic E-state index is 5.35. The maximum Gasteiger partial charge on any atom is 0.128 e. The van der Waals surface area contributed by atoms with Crippen molar-refractivity contribution in [2.45, 2.75) is 0 Å². The molecule has 3 nitrogen and oxygen atoms in total. The Kier molecular flexibility index (Phi) is 2.86. The Balaban J connectivity index is 2.03. The Hall–Kier alpha value is -2.07. The molecule has 2 aromatic heterocycles. The standard InChI is InChI=1S/C14H12N2OS/c1-17-13-6-3-2-5-10(13)11-9-12(16-15-11)14-7-4-8-18-14/h2-9H,1H3,(H,15,16). The van der Waals surface area contributed by atoms with E-state index in [2.05, 4.69) is 21.6 Å². The fourth-order valence-corrected chi connectivity index (χ4v) is 2.57. The van der Waals surface area contributed by atoms with Crippen LogP contribution in [0.4, 0.5) is 0 Å². The molecule has 3 aromatic rings. The molecule has 0 saturated heterocycles. The van der Waals surface area contributed by atoms with Crippen LogP contribution in [0.25, 0.3) is 21.8 Å². The Morgan fingerprint density at radius 1 is 1.17 bits per heavy atom. The number of para-hydroxylation sites is 1. The van der Waals surface area contributed by atoms with E-state index in [9.17, 15) is 0 Å². The van der Waals surface area contributed by atoms with Gasteiger partial charge in [0.1, 0.15) is 5.75 Å². The summed E-state index contributed by atoms with van der Waals surface area (Å²) in [6.45, 7) is 0. The molecule has 0 aliphatic carbocycles. The quantitative estimate of drug-likeness (QED) is 0.773. The molecule has 0 aliphatic heterocycles. The van der Waals surface area contributed by atoms with E-state index in [1.54, 1.807) is 18.4 Å². The number of aromatic amines is 1. The Morgan fingerprint density at radius 2 is 2.06 bits per heavy atom. The molecule has 0 bridgehead atoms. The van der Waals surface area contributed by atoms with Crippen molar-refractivity contribution in [2.75, 3.05) is 7.11 Å². The molecule has 18 heavy (non-hydrogen) atoms. The number of benzene rings is 1. The molecule has 1 aromatic carbocycles. The Bertz CT molecular complexity index is 643. The molecule has 0 radical (unpaired) electrons. The predicted octanol–water partition coefficient (Wildman–Crippen LogP) is 3.81. The summed E-state index contributed by atoms with van der Waals surface area (Å²) in [5.74, 6) is 0.835. The summed E-state index contributed by atoms with van der Waals surface area (Å²) in [5, 5.41) is 9.47. The number of ether oxygens (including phenoxy) is 1. The number of methoxy groups -OCH3 is 1. The highest BCUT2D eigenvalue weighted by Gasteiger charge is 2.10. The SMILES string of the molecule is COc1ccccc1-c1cc(-c2cccs2)[nH]n1. The average Bonchev–Trinajstić information content (AvgIpc) is 3.09. The van der Waals surface area contributed by atoms with Crippen LogP contribution in [0.1, 0.15) is 0 Å². The number of thiophene rings is 1. The fourth-order valence-electron chi connectivity index (χ4n) is 1.87. The van der Waals surface area contributed by atoms with E-state index in [-0.39, 0.29) is 0 Å². The number of H-pyrrole nitrogens is 1. The first kappa shape index (κ1) is 11.0. The van der Waals surface area contributed by atoms with Crippen LogP contribution in [-0.4, -0.2) is 17.3 Å². The van der Waals surface area contributed by atoms with Crippen molar-refractivity contribution in [2.24, 2.45) is 0 Å². The lowest BCUT2D eigenvalue weighted by Crippen LogP contribution is -1.87. The van der Waals surface area contributed by atoms with Gasteiger partial charge in [-0.25, -0.2) is 0 Å². The fraction of sp³-hybridized carbons (Fsp3) is 0.0714. The first-order valence-corrected chi connectivity index (χ1v) is 6.49. The third-order valence-corrected chi connectivity index (χ3v) is 3.65. The second-order valence-corrected chi connectivity index (χ2v) is 4.79. The summed E-state index contributed by atoms with van der Waals surface area (Å²) >= 11 is 1.69. The number of hydrogen-bond acceptors (Lipinski definition) is 3. The lowest BCUT2D eigenvalue weighted by atomic mass is 10.1. The maximum atomic E-state index is 5.35. The number of nitrogens with one attached hydrogen (secondary N) is 1. The normalized spacial score (nSPS) is 10.5. The van der Waals surface area contributed by atoms with Crippen molar-refractivity contribution in [1.29, 1.82) is 0 Å². The third kappa shape index (κ3) is 1.91. The second-order valence-electron chi connectivity index (χ2n) is 3.84. The van der Waals surface area contributed by atoms with Gasteiger partial charge in [0.05, 0.1) is 23.4 Å². The molecule has 0 fully saturated rings. The van der Waals surface area contributed by atoms with E-state index >= 15 is 0 Å². The smallest absolute Gasteiger partial charge is 0.128 e. The molecule has 90 valence electrons. The zero-order valence-corrected chi connectivity index (χ0v) is 10.7. The van der Waals surface area contributed by atoms with Crippen LogP contribution >= 0.6 is 11.3 Å². The van der Waals surface area contributed by atoms with Gasteiger partial charge < -0.3 is 4.74 Å². The summed E-state index contributed by atoms with van der Waals surface area (Å²) in [5.41, 5.74) is 2.93. The molecule has 1 N–H and O–H groups in total. The highest BCUT2D eigenvalue weighted by atomic mass is 32.1. The Morgan fingerprint density at radius 3 is 2.83 bits per heavy atom. The van der Waals surface area contributed by atoms with E-state index in [0.29, 0.717) is 0 Å². The van der Waals surface area contributed by atoms with E-state index in [0.717, 1.165) is 22.7 Å². The van der Waals surface area contributed by atoms with Gasteiger partial charge in [-0.15, -0.1) is 11.3 Å². The van der Waals surface area contributed by atoms with E-state index in [1.165, 1.54) is 4.88 Å². The lowest BCUT2D eigenvalue weighted by Gasteiger charge is -2.04. The minimum absolute atomic E-state index is 0.835. The first-order valence-electron chi connectivity index (χ1n) is 5.61. The van der Waals surface area contributed by atoms with Crippen molar-refractivity contribution in [3.05, 3.63) is 47.8 Å². The highest BCUT2D eigenvalue weighted by Crippen LogP contribution is 2.31. The summed E-state index contributed by atoms with van der Waals surface area (Å²) < 4.78 is 5.35. The molecule has 0 spiro atoms. The highest BCUT2D eigenvalue weighted by molar-refractivity contribution is 7.13. The number of rotatable bonds is 3. The van der Waals surface area contributed by atoms with E-state index < -0.39 is 0 Å². The molecule has 0 aliphatic rings. The van der Waals surface area contributed by atoms with E-state index in [4.69, 9.17) is 4.74 Å². The predicted molar refractivity (Wildman–Crippen MR) is 73.9 cm³/mol. The van der Waals surface area contributed by atoms with Crippen LogP contribution in [-0.2, 0) is 0 Å². The van der Waals surface area contributed by atoms with Crippen molar-refractivity contribution >= 4 is 11.3 Å². The van der Waals surface area contributed by atoms with Crippen LogP contribution in [0.3, 0.4) is 0 Å². The lowest BCUT2D eigenvalue weighted by molar-refractivity contribution is 0.416. The number of aromatic nitrogens is 2. The molecule has 0 saturated carbocycles. The van der Waals surface area contributed by atoms with Gasteiger partial charge in [0.25, 0.3) is 0 Å². The minimum atomic E-state index is 0.835. The summed E-state index contributed by atoms with van der Waals surface area (Å²) in [6, 6.07) is 14.0. The van der Waals surface area contributed by atoms with E-state index in [1.807, 2.05) is 36.4 Å². The van der Waals surface area contributed by atoms with Crippen LogP contribution in [0, 0.1) is 0 Å². The number of hydrogen-bond donors (Lipinski definition) is 1. The molecule has 4 heteroatoms. The minimum Gasteiger partial charge on any atom is -0.496 e. The first-order chi connectivity index (χ1) is 8.88. The third-order valence-electron chi connectivity index (χ3n) is 2.75. The van der Waals surface area contributed by atoms with Gasteiger partial charge in [-0.2, -0.15) is 5.10 Å². The zero-order valence-electron chi connectivity index (χ0n) is 9.88. The van der Waals surface area contributed by atoms with Gasteiger partial charge >= 0.3 is 0 Å². The molecular weight excluding hydrogens is 244 g/mol. The van der Waals surface area contributed by atoms with Gasteiger partial charge in [-0.1, -0.05) is 18.2 Å². The topological polar surface area (TPSA) is 37.9 Å². The monoisotopic (exact) mass is 256 g/mol. The van der Waals surface area contributed by atoms with Gasteiger partial charge in [-0.05, 0) is 29.6 Å². The average molecular weight is 256 g/mol. The van der Waals surface area contributed by atoms with Crippen LogP contribution in [0.2, 0.25) is 0 Å². The molecule has 0 amide bonds. The van der Waals surface area contributed by atoms with Crippen LogP contribution in [0.5, 0.6) is 5.75 Å². The molecule has 0 unspecified atom stereocenters. The van der Waals surface area contributed by atoms with Gasteiger partial charge in [0, 0.05) is 5.56 Å². The van der Waals surface area contributed by atoms with Crippen molar-refractivity contribution in [3.8, 4) is 27.6 Å². The summed E-state index contributed by atoms with van der Waals surface area (Å²) in [4.78, 5) is 1.18. The summed E-state index contributed by atoms with van der Waals surface area (Å²) in [7, 11) is 1.67.